The lowest BCUT2D eigenvalue weighted by molar-refractivity contribution is 0.0992. The van der Waals surface area contributed by atoms with Crippen LogP contribution in [0.3, 0.4) is 0 Å². The SMILES string of the molecule is Cn1ncc(-c2ccc3cnc(CC(=O)c4ccc5c(c4)CCCC5)cc3c2)c1CNCCO. The Kier molecular flexibility index (Phi) is 6.52. The molecule has 0 aliphatic heterocycles. The molecule has 6 heteroatoms. The van der Waals surface area contributed by atoms with Crippen LogP contribution in [0.15, 0.2) is 54.9 Å². The summed E-state index contributed by atoms with van der Waals surface area (Å²) in [6.45, 7) is 1.26. The summed E-state index contributed by atoms with van der Waals surface area (Å²) in [6, 6.07) is 14.5. The van der Waals surface area contributed by atoms with Gasteiger partial charge < -0.3 is 10.4 Å². The van der Waals surface area contributed by atoms with Crippen LogP contribution in [0.5, 0.6) is 0 Å². The Morgan fingerprint density at radius 1 is 1.03 bits per heavy atom. The molecule has 0 amide bonds. The molecule has 2 N–H and O–H groups in total. The first-order valence-corrected chi connectivity index (χ1v) is 12.0. The summed E-state index contributed by atoms with van der Waals surface area (Å²) in [5.74, 6) is 0.112. The number of carbonyl (C=O) groups excluding carboxylic acids is 1. The van der Waals surface area contributed by atoms with Gasteiger partial charge in [-0.05, 0) is 66.0 Å². The Morgan fingerprint density at radius 2 is 1.88 bits per heavy atom. The smallest absolute Gasteiger partial charge is 0.168 e. The second-order valence-electron chi connectivity index (χ2n) is 9.06. The lowest BCUT2D eigenvalue weighted by Gasteiger charge is -2.16. The van der Waals surface area contributed by atoms with Crippen molar-refractivity contribution >= 4 is 16.6 Å². The summed E-state index contributed by atoms with van der Waals surface area (Å²) in [5.41, 5.74) is 7.46. The Balaban J connectivity index is 1.39. The summed E-state index contributed by atoms with van der Waals surface area (Å²) in [5, 5.41) is 18.8. The number of aliphatic hydroxyl groups excluding tert-OH is 1. The third-order valence-electron chi connectivity index (χ3n) is 6.74. The molecule has 0 fully saturated rings. The van der Waals surface area contributed by atoms with Crippen molar-refractivity contribution in [2.24, 2.45) is 7.05 Å². The molecule has 0 radical (unpaired) electrons. The molecule has 0 atom stereocenters. The van der Waals surface area contributed by atoms with Gasteiger partial charge in [0.1, 0.15) is 0 Å². The Morgan fingerprint density at radius 3 is 2.74 bits per heavy atom. The Labute approximate surface area is 199 Å². The second kappa shape index (κ2) is 9.87. The lowest BCUT2D eigenvalue weighted by atomic mass is 9.89. The molecule has 2 heterocycles. The Hall–Kier alpha value is -3.35. The summed E-state index contributed by atoms with van der Waals surface area (Å²) in [4.78, 5) is 17.6. The molecular weight excluding hydrogens is 424 g/mol. The van der Waals surface area contributed by atoms with E-state index < -0.39 is 0 Å². The number of Topliss-reactive ketones (excluding diaryl/α,β-unsaturated/α-hetero) is 1. The quantitative estimate of drug-likeness (QED) is 0.311. The zero-order chi connectivity index (χ0) is 23.5. The van der Waals surface area contributed by atoms with Gasteiger partial charge >= 0.3 is 0 Å². The van der Waals surface area contributed by atoms with Gasteiger partial charge in [-0.25, -0.2) is 0 Å². The van der Waals surface area contributed by atoms with Crippen molar-refractivity contribution in [3.05, 3.63) is 82.9 Å². The molecule has 5 rings (SSSR count). The minimum Gasteiger partial charge on any atom is -0.395 e. The van der Waals surface area contributed by atoms with Gasteiger partial charge in [0.25, 0.3) is 0 Å². The van der Waals surface area contributed by atoms with Crippen molar-refractivity contribution < 1.29 is 9.90 Å². The van der Waals surface area contributed by atoms with Gasteiger partial charge in [0.15, 0.2) is 5.78 Å². The summed E-state index contributed by atoms with van der Waals surface area (Å²) in [7, 11) is 1.93. The van der Waals surface area contributed by atoms with Crippen LogP contribution in [0.25, 0.3) is 21.9 Å². The molecule has 174 valence electrons. The van der Waals surface area contributed by atoms with E-state index in [9.17, 15) is 4.79 Å². The van der Waals surface area contributed by atoms with E-state index in [0.717, 1.165) is 51.7 Å². The average molecular weight is 455 g/mol. The first-order valence-electron chi connectivity index (χ1n) is 12.0. The van der Waals surface area contributed by atoms with Crippen LogP contribution in [0.4, 0.5) is 0 Å². The van der Waals surface area contributed by atoms with Gasteiger partial charge in [-0.2, -0.15) is 5.10 Å². The molecule has 0 unspecified atom stereocenters. The number of aliphatic hydroxyl groups is 1. The number of nitrogens with zero attached hydrogens (tertiary/aromatic N) is 3. The zero-order valence-corrected chi connectivity index (χ0v) is 19.6. The van der Waals surface area contributed by atoms with E-state index in [1.807, 2.05) is 36.3 Å². The number of hydrogen-bond acceptors (Lipinski definition) is 5. The monoisotopic (exact) mass is 454 g/mol. The van der Waals surface area contributed by atoms with E-state index in [4.69, 9.17) is 5.11 Å². The highest BCUT2D eigenvalue weighted by Crippen LogP contribution is 2.28. The van der Waals surface area contributed by atoms with Crippen molar-refractivity contribution in [3.8, 4) is 11.1 Å². The predicted octanol–water partition coefficient (Wildman–Crippen LogP) is 4.02. The highest BCUT2D eigenvalue weighted by Gasteiger charge is 2.15. The standard InChI is InChI=1S/C28H30N4O2/c1-32-27(18-29-10-11-33)26(17-31-32)21-7-9-23-16-30-25(14-24(23)13-21)15-28(34)22-8-6-19-4-2-3-5-20(19)12-22/h6-9,12-14,16-17,29,33H,2-5,10-11,15,18H2,1H3. The number of benzene rings is 2. The number of nitrogens with one attached hydrogen (secondary N) is 1. The van der Waals surface area contributed by atoms with Gasteiger partial charge in [-0.15, -0.1) is 0 Å². The van der Waals surface area contributed by atoms with E-state index in [-0.39, 0.29) is 12.4 Å². The van der Waals surface area contributed by atoms with Crippen LogP contribution in [0.1, 0.15) is 45.7 Å². The first kappa shape index (κ1) is 22.4. The third kappa shape index (κ3) is 4.65. The van der Waals surface area contributed by atoms with Crippen LogP contribution in [-0.2, 0) is 32.9 Å². The van der Waals surface area contributed by atoms with Crippen molar-refractivity contribution in [1.82, 2.24) is 20.1 Å². The number of ketones is 1. The van der Waals surface area contributed by atoms with E-state index in [1.165, 1.54) is 24.0 Å². The minimum atomic E-state index is 0.100. The number of rotatable bonds is 8. The first-order chi connectivity index (χ1) is 16.6. The van der Waals surface area contributed by atoms with E-state index in [0.29, 0.717) is 19.5 Å². The maximum Gasteiger partial charge on any atom is 0.168 e. The molecule has 0 bridgehead atoms. The number of hydrogen-bond donors (Lipinski definition) is 2. The molecule has 0 saturated carbocycles. The lowest BCUT2D eigenvalue weighted by Crippen LogP contribution is -2.19. The van der Waals surface area contributed by atoms with Crippen LogP contribution in [0, 0.1) is 0 Å². The normalized spacial score (nSPS) is 13.2. The molecule has 1 aliphatic rings. The number of carbonyl (C=O) groups is 1. The maximum absolute atomic E-state index is 13.0. The maximum atomic E-state index is 13.0. The predicted molar refractivity (Wildman–Crippen MR) is 134 cm³/mol. The molecule has 0 saturated heterocycles. The summed E-state index contributed by atoms with van der Waals surface area (Å²) >= 11 is 0. The number of aromatic nitrogens is 3. The van der Waals surface area contributed by atoms with Crippen molar-refractivity contribution in [2.45, 2.75) is 38.6 Å². The van der Waals surface area contributed by atoms with E-state index in [1.54, 1.807) is 0 Å². The van der Waals surface area contributed by atoms with Crippen LogP contribution < -0.4 is 5.32 Å². The molecule has 0 spiro atoms. The van der Waals surface area contributed by atoms with Crippen LogP contribution >= 0.6 is 0 Å². The van der Waals surface area contributed by atoms with Crippen molar-refractivity contribution in [3.63, 3.8) is 0 Å². The van der Waals surface area contributed by atoms with Crippen molar-refractivity contribution in [2.75, 3.05) is 13.2 Å². The van der Waals surface area contributed by atoms with Gasteiger partial charge in [-0.3, -0.25) is 14.5 Å². The van der Waals surface area contributed by atoms with Crippen LogP contribution in [0.2, 0.25) is 0 Å². The van der Waals surface area contributed by atoms with Gasteiger partial charge in [0.05, 0.1) is 24.9 Å². The Bertz CT molecular complexity index is 1340. The van der Waals surface area contributed by atoms with E-state index in [2.05, 4.69) is 45.7 Å². The fourth-order valence-electron chi connectivity index (χ4n) is 4.82. The molecule has 2 aromatic heterocycles. The summed E-state index contributed by atoms with van der Waals surface area (Å²) < 4.78 is 1.86. The topological polar surface area (TPSA) is 80.0 Å². The number of pyridine rings is 1. The molecular formula is C28H30N4O2. The molecule has 6 nitrogen and oxygen atoms in total. The number of fused-ring (bicyclic) bond motifs is 2. The fraction of sp³-hybridized carbons (Fsp3) is 0.321. The van der Waals surface area contributed by atoms with Gasteiger partial charge in [0.2, 0.25) is 0 Å². The molecule has 1 aliphatic carbocycles. The molecule has 2 aromatic carbocycles. The minimum absolute atomic E-state index is 0.100. The fourth-order valence-corrected chi connectivity index (χ4v) is 4.82. The largest absolute Gasteiger partial charge is 0.395 e. The van der Waals surface area contributed by atoms with Crippen molar-refractivity contribution in [1.29, 1.82) is 0 Å². The third-order valence-corrected chi connectivity index (χ3v) is 6.74. The summed E-state index contributed by atoms with van der Waals surface area (Å²) in [6.07, 6.45) is 8.65. The molecule has 4 aromatic rings. The van der Waals surface area contributed by atoms with Crippen LogP contribution in [-0.4, -0.2) is 38.8 Å². The second-order valence-corrected chi connectivity index (χ2v) is 9.06. The highest BCUT2D eigenvalue weighted by atomic mass is 16.3. The van der Waals surface area contributed by atoms with Gasteiger partial charge in [-0.1, -0.05) is 24.3 Å². The average Bonchev–Trinajstić information content (AvgIpc) is 3.23. The zero-order valence-electron chi connectivity index (χ0n) is 19.6. The van der Waals surface area contributed by atoms with Gasteiger partial charge in [0, 0.05) is 48.5 Å². The molecule has 34 heavy (non-hydrogen) atoms. The number of aryl methyl sites for hydroxylation is 3. The highest BCUT2D eigenvalue weighted by molar-refractivity contribution is 5.98. The van der Waals surface area contributed by atoms with E-state index >= 15 is 0 Å².